The third kappa shape index (κ3) is 6.59. The topological polar surface area (TPSA) is 62.2 Å². The lowest BCUT2D eigenvalue weighted by molar-refractivity contribution is 0.0713. The lowest BCUT2D eigenvalue weighted by atomic mass is 9.98. The van der Waals surface area contributed by atoms with E-state index in [4.69, 9.17) is 0 Å². The number of aromatic nitrogens is 1. The van der Waals surface area contributed by atoms with Crippen LogP contribution in [0, 0.1) is 13.8 Å². The Bertz CT molecular complexity index is 680. The van der Waals surface area contributed by atoms with Crippen LogP contribution in [0.3, 0.4) is 0 Å². The van der Waals surface area contributed by atoms with Crippen LogP contribution in [0.15, 0.2) is 24.3 Å². The van der Waals surface area contributed by atoms with Crippen molar-refractivity contribution < 1.29 is 9.90 Å². The van der Waals surface area contributed by atoms with Crippen molar-refractivity contribution >= 4 is 17.2 Å². The molecule has 0 atom stereocenters. The first kappa shape index (κ1) is 19.6. The summed E-state index contributed by atoms with van der Waals surface area (Å²) >= 11 is 1.74. The van der Waals surface area contributed by atoms with Crippen LogP contribution in [0.1, 0.15) is 58.2 Å². The van der Waals surface area contributed by atoms with Crippen molar-refractivity contribution in [3.63, 3.8) is 0 Å². The molecule has 25 heavy (non-hydrogen) atoms. The minimum atomic E-state index is -0.662. The largest absolute Gasteiger partial charge is 0.390 e. The number of nitrogens with one attached hydrogen (secondary N) is 1. The van der Waals surface area contributed by atoms with Gasteiger partial charge in [-0.1, -0.05) is 12.1 Å². The highest BCUT2D eigenvalue weighted by Crippen LogP contribution is 2.17. The highest BCUT2D eigenvalue weighted by molar-refractivity contribution is 7.11. The van der Waals surface area contributed by atoms with Crippen LogP contribution in [0.4, 0.5) is 0 Å². The average molecular weight is 361 g/mol. The molecule has 0 saturated carbocycles. The predicted octanol–water partition coefficient (Wildman–Crippen LogP) is 3.83. The molecule has 2 N–H and O–H groups in total. The van der Waals surface area contributed by atoms with Gasteiger partial charge in [0.1, 0.15) is 0 Å². The second-order valence-electron chi connectivity index (χ2n) is 7.12. The van der Waals surface area contributed by atoms with E-state index >= 15 is 0 Å². The highest BCUT2D eigenvalue weighted by Gasteiger charge is 2.12. The number of aryl methyl sites for hydroxylation is 4. The van der Waals surface area contributed by atoms with E-state index in [9.17, 15) is 9.90 Å². The van der Waals surface area contributed by atoms with Crippen LogP contribution >= 0.6 is 11.3 Å². The second-order valence-corrected chi connectivity index (χ2v) is 8.41. The Labute approximate surface area is 154 Å². The fourth-order valence-electron chi connectivity index (χ4n) is 2.46. The standard InChI is InChI=1S/C20H28N2O2S/c1-14-15(2)25-18(22-14)6-5-13-21-19(23)17-9-7-16(8-10-17)11-12-20(3,4)24/h7-10,24H,5-6,11-13H2,1-4H3,(H,21,23). The number of amides is 1. The van der Waals surface area contributed by atoms with Gasteiger partial charge in [0.15, 0.2) is 0 Å². The number of carbonyl (C=O) groups excluding carboxylic acids is 1. The van der Waals surface area contributed by atoms with E-state index in [1.165, 1.54) is 4.88 Å². The molecule has 1 aromatic carbocycles. The molecule has 136 valence electrons. The molecule has 1 amide bonds. The molecule has 0 spiro atoms. The van der Waals surface area contributed by atoms with E-state index in [1.54, 1.807) is 11.3 Å². The van der Waals surface area contributed by atoms with Gasteiger partial charge in [-0.15, -0.1) is 11.3 Å². The SMILES string of the molecule is Cc1nc(CCCNC(=O)c2ccc(CCC(C)(C)O)cc2)sc1C. The molecule has 1 heterocycles. The molecule has 0 fully saturated rings. The Morgan fingerprint density at radius 1 is 1.20 bits per heavy atom. The number of carbonyl (C=O) groups is 1. The Balaban J connectivity index is 1.75. The average Bonchev–Trinajstić information content (AvgIpc) is 2.87. The fraction of sp³-hybridized carbons (Fsp3) is 0.500. The minimum Gasteiger partial charge on any atom is -0.390 e. The number of benzene rings is 1. The second kappa shape index (κ2) is 8.59. The quantitative estimate of drug-likeness (QED) is 0.703. The molecular weight excluding hydrogens is 332 g/mol. The maximum Gasteiger partial charge on any atom is 0.251 e. The van der Waals surface area contributed by atoms with Crippen LogP contribution in [-0.2, 0) is 12.8 Å². The molecule has 2 rings (SSSR count). The lowest BCUT2D eigenvalue weighted by Gasteiger charge is -2.16. The zero-order chi connectivity index (χ0) is 18.4. The summed E-state index contributed by atoms with van der Waals surface area (Å²) in [6.07, 6.45) is 3.30. The molecular formula is C20H28N2O2S. The molecule has 0 aliphatic carbocycles. The molecule has 4 nitrogen and oxygen atoms in total. The van der Waals surface area contributed by atoms with E-state index < -0.39 is 5.60 Å². The Morgan fingerprint density at radius 3 is 2.44 bits per heavy atom. The van der Waals surface area contributed by atoms with Gasteiger partial charge in [0, 0.05) is 23.4 Å². The fourth-order valence-corrected chi connectivity index (χ4v) is 3.44. The smallest absolute Gasteiger partial charge is 0.251 e. The molecule has 0 aliphatic heterocycles. The maximum atomic E-state index is 12.2. The number of hydrogen-bond donors (Lipinski definition) is 2. The van der Waals surface area contributed by atoms with Gasteiger partial charge in [0.25, 0.3) is 5.91 Å². The minimum absolute atomic E-state index is 0.0412. The third-order valence-corrected chi connectivity index (χ3v) is 5.30. The number of nitrogens with zero attached hydrogens (tertiary/aromatic N) is 1. The Hall–Kier alpha value is -1.72. The van der Waals surface area contributed by atoms with Crippen LogP contribution in [0.2, 0.25) is 0 Å². The first-order chi connectivity index (χ1) is 11.7. The normalized spacial score (nSPS) is 11.6. The molecule has 5 heteroatoms. The van der Waals surface area contributed by atoms with E-state index in [0.717, 1.165) is 35.5 Å². The van der Waals surface area contributed by atoms with Crippen molar-refractivity contribution in [3.05, 3.63) is 51.0 Å². The van der Waals surface area contributed by atoms with Crippen molar-refractivity contribution in [1.29, 1.82) is 0 Å². The molecule has 0 radical (unpaired) electrons. The van der Waals surface area contributed by atoms with Gasteiger partial charge in [-0.2, -0.15) is 0 Å². The number of rotatable bonds is 8. The number of aliphatic hydroxyl groups is 1. The van der Waals surface area contributed by atoms with Gasteiger partial charge in [-0.05, 0) is 64.7 Å². The summed E-state index contributed by atoms with van der Waals surface area (Å²) in [6.45, 7) is 8.38. The van der Waals surface area contributed by atoms with Crippen molar-refractivity contribution in [2.75, 3.05) is 6.54 Å². The molecule has 1 aromatic heterocycles. The summed E-state index contributed by atoms with van der Waals surface area (Å²) in [5.41, 5.74) is 2.25. The Morgan fingerprint density at radius 2 is 1.88 bits per heavy atom. The van der Waals surface area contributed by atoms with Crippen molar-refractivity contribution in [2.24, 2.45) is 0 Å². The van der Waals surface area contributed by atoms with Gasteiger partial charge in [0.2, 0.25) is 0 Å². The van der Waals surface area contributed by atoms with Gasteiger partial charge < -0.3 is 10.4 Å². The summed E-state index contributed by atoms with van der Waals surface area (Å²) in [5.74, 6) is -0.0412. The van der Waals surface area contributed by atoms with Crippen LogP contribution in [-0.4, -0.2) is 28.1 Å². The van der Waals surface area contributed by atoms with Crippen molar-refractivity contribution in [3.8, 4) is 0 Å². The monoisotopic (exact) mass is 360 g/mol. The molecule has 0 saturated heterocycles. The van der Waals surface area contributed by atoms with Crippen molar-refractivity contribution in [2.45, 2.75) is 59.0 Å². The van der Waals surface area contributed by atoms with E-state index in [2.05, 4.69) is 17.2 Å². The summed E-state index contributed by atoms with van der Waals surface area (Å²) < 4.78 is 0. The number of hydrogen-bond acceptors (Lipinski definition) is 4. The maximum absolute atomic E-state index is 12.2. The van der Waals surface area contributed by atoms with Crippen LogP contribution < -0.4 is 5.32 Å². The zero-order valence-corrected chi connectivity index (χ0v) is 16.4. The highest BCUT2D eigenvalue weighted by atomic mass is 32.1. The summed E-state index contributed by atoms with van der Waals surface area (Å²) in [4.78, 5) is 18.0. The molecule has 0 bridgehead atoms. The van der Waals surface area contributed by atoms with Crippen molar-refractivity contribution in [1.82, 2.24) is 10.3 Å². The van der Waals surface area contributed by atoms with Gasteiger partial charge in [-0.3, -0.25) is 4.79 Å². The zero-order valence-electron chi connectivity index (χ0n) is 15.6. The Kier molecular flexibility index (Phi) is 6.73. The number of thiazole rings is 1. The van der Waals surface area contributed by atoms with Gasteiger partial charge in [0.05, 0.1) is 16.3 Å². The summed E-state index contributed by atoms with van der Waals surface area (Å²) in [6, 6.07) is 7.62. The first-order valence-electron chi connectivity index (χ1n) is 8.77. The van der Waals surface area contributed by atoms with Gasteiger partial charge >= 0.3 is 0 Å². The predicted molar refractivity (Wildman–Crippen MR) is 103 cm³/mol. The molecule has 2 aromatic rings. The third-order valence-electron chi connectivity index (χ3n) is 4.17. The van der Waals surface area contributed by atoms with E-state index in [1.807, 2.05) is 45.0 Å². The lowest BCUT2D eigenvalue weighted by Crippen LogP contribution is -2.24. The first-order valence-corrected chi connectivity index (χ1v) is 9.59. The summed E-state index contributed by atoms with van der Waals surface area (Å²) in [5, 5.41) is 13.9. The van der Waals surface area contributed by atoms with E-state index in [0.29, 0.717) is 18.5 Å². The molecule has 0 aliphatic rings. The summed E-state index contributed by atoms with van der Waals surface area (Å²) in [7, 11) is 0. The van der Waals surface area contributed by atoms with Gasteiger partial charge in [-0.25, -0.2) is 4.98 Å². The van der Waals surface area contributed by atoms with E-state index in [-0.39, 0.29) is 5.91 Å². The van der Waals surface area contributed by atoms with Crippen LogP contribution in [0.5, 0.6) is 0 Å². The molecule has 0 unspecified atom stereocenters. The van der Waals surface area contributed by atoms with Crippen LogP contribution in [0.25, 0.3) is 0 Å².